The van der Waals surface area contributed by atoms with Gasteiger partial charge in [0.1, 0.15) is 17.0 Å². The Morgan fingerprint density at radius 3 is 2.66 bits per heavy atom. The highest BCUT2D eigenvalue weighted by atomic mass is 19.3. The number of hydrogen-bond acceptors (Lipinski definition) is 8. The van der Waals surface area contributed by atoms with Gasteiger partial charge in [0, 0.05) is 47.9 Å². The molecule has 3 unspecified atom stereocenters. The zero-order valence-electron chi connectivity index (χ0n) is 24.6. The maximum absolute atomic E-state index is 16.6. The Labute approximate surface area is 252 Å². The molecule has 9 nitrogen and oxygen atoms in total. The van der Waals surface area contributed by atoms with Gasteiger partial charge in [0.05, 0.1) is 18.1 Å². The number of nitrogens with zero attached hydrogens (tertiary/aromatic N) is 6. The Morgan fingerprint density at radius 1 is 1.07 bits per heavy atom. The van der Waals surface area contributed by atoms with E-state index in [-0.39, 0.29) is 38.2 Å². The standard InChI is InChI=1S/C32H35F3N6O3/c1-39-13-6-12-32(11-4-10-24(32)39)18-44-31-37-27-22(28(38-31)40-14-5-7-19(42)16-40)15-36-26(25(27)33)23-17-41(30(34)35)29(43)21-9-3-2-8-20(21)23/h2-3,8-9,15,17,19,24,30,42H,4-7,10-14,16,18H2,1H3. The monoisotopic (exact) mass is 608 g/mol. The number of ether oxygens (including phenoxy) is 1. The Morgan fingerprint density at radius 2 is 1.86 bits per heavy atom. The second-order valence-electron chi connectivity index (χ2n) is 12.5. The summed E-state index contributed by atoms with van der Waals surface area (Å²) in [5, 5.41) is 11.1. The molecule has 232 valence electrons. The molecule has 1 N–H and O–H groups in total. The highest BCUT2D eigenvalue weighted by Crippen LogP contribution is 2.47. The minimum Gasteiger partial charge on any atom is -0.463 e. The van der Waals surface area contributed by atoms with Crippen LogP contribution in [0.25, 0.3) is 32.9 Å². The minimum absolute atomic E-state index is 0.0271. The van der Waals surface area contributed by atoms with Crippen molar-refractivity contribution in [2.24, 2.45) is 5.41 Å². The summed E-state index contributed by atoms with van der Waals surface area (Å²) in [6, 6.07) is 6.68. The first-order chi connectivity index (χ1) is 21.3. The van der Waals surface area contributed by atoms with Crippen LogP contribution in [0.15, 0.2) is 41.5 Å². The van der Waals surface area contributed by atoms with Crippen LogP contribution in [0.1, 0.15) is 51.5 Å². The summed E-state index contributed by atoms with van der Waals surface area (Å²) in [6.07, 6.45) is 8.58. The van der Waals surface area contributed by atoms with E-state index in [1.807, 2.05) is 4.90 Å². The lowest BCUT2D eigenvalue weighted by atomic mass is 9.76. The number of hydrogen-bond donors (Lipinski definition) is 1. The third-order valence-electron chi connectivity index (χ3n) is 9.82. The van der Waals surface area contributed by atoms with E-state index >= 15 is 4.39 Å². The summed E-state index contributed by atoms with van der Waals surface area (Å²) in [7, 11) is 2.15. The molecule has 44 heavy (non-hydrogen) atoms. The van der Waals surface area contributed by atoms with Gasteiger partial charge in [-0.05, 0) is 63.6 Å². The maximum Gasteiger partial charge on any atom is 0.321 e. The first-order valence-electron chi connectivity index (χ1n) is 15.3. The summed E-state index contributed by atoms with van der Waals surface area (Å²) in [6.45, 7) is -0.747. The van der Waals surface area contributed by atoms with Crippen molar-refractivity contribution >= 4 is 27.5 Å². The van der Waals surface area contributed by atoms with Gasteiger partial charge >= 0.3 is 12.6 Å². The van der Waals surface area contributed by atoms with Crippen LogP contribution in [-0.2, 0) is 0 Å². The number of likely N-dealkylation sites (tertiary alicyclic amines) is 1. The largest absolute Gasteiger partial charge is 0.463 e. The molecule has 3 aliphatic rings. The number of alkyl halides is 2. The Kier molecular flexibility index (Phi) is 7.44. The van der Waals surface area contributed by atoms with E-state index in [0.717, 1.165) is 51.3 Å². The van der Waals surface area contributed by atoms with Crippen LogP contribution in [0.2, 0.25) is 0 Å². The summed E-state index contributed by atoms with van der Waals surface area (Å²) < 4.78 is 51.0. The fourth-order valence-electron chi connectivity index (χ4n) is 7.69. The Balaban J connectivity index is 1.36. The van der Waals surface area contributed by atoms with Crippen molar-refractivity contribution in [1.82, 2.24) is 24.4 Å². The fourth-order valence-corrected chi connectivity index (χ4v) is 7.69. The van der Waals surface area contributed by atoms with Crippen molar-refractivity contribution in [3.05, 3.63) is 52.8 Å². The molecule has 3 aromatic heterocycles. The lowest BCUT2D eigenvalue weighted by molar-refractivity contribution is 0.0133. The first kappa shape index (κ1) is 29.0. The molecule has 1 aromatic carbocycles. The molecule has 1 aliphatic carbocycles. The summed E-state index contributed by atoms with van der Waals surface area (Å²) in [4.78, 5) is 30.7. The van der Waals surface area contributed by atoms with Gasteiger partial charge < -0.3 is 19.6 Å². The molecule has 4 aromatic rings. The van der Waals surface area contributed by atoms with Crippen LogP contribution in [0, 0.1) is 11.2 Å². The predicted octanol–water partition coefficient (Wildman–Crippen LogP) is 5.15. The zero-order valence-corrected chi connectivity index (χ0v) is 24.6. The van der Waals surface area contributed by atoms with Crippen LogP contribution in [0.3, 0.4) is 0 Å². The van der Waals surface area contributed by atoms with E-state index in [1.165, 1.54) is 12.3 Å². The van der Waals surface area contributed by atoms with Crippen molar-refractivity contribution in [3.63, 3.8) is 0 Å². The number of aromatic nitrogens is 4. The highest BCUT2D eigenvalue weighted by Gasteiger charge is 2.47. The smallest absolute Gasteiger partial charge is 0.321 e. The van der Waals surface area contributed by atoms with Gasteiger partial charge in [-0.15, -0.1) is 0 Å². The van der Waals surface area contributed by atoms with Gasteiger partial charge in [0.2, 0.25) is 0 Å². The van der Waals surface area contributed by atoms with Crippen molar-refractivity contribution in [1.29, 1.82) is 0 Å². The molecule has 12 heteroatoms. The number of β-amino-alcohol motifs (C(OH)–C–C–N with tert-alkyl or cyclic N) is 1. The van der Waals surface area contributed by atoms with E-state index in [2.05, 4.69) is 21.9 Å². The van der Waals surface area contributed by atoms with Crippen LogP contribution in [0.5, 0.6) is 6.01 Å². The maximum atomic E-state index is 16.6. The molecule has 7 rings (SSSR count). The number of benzene rings is 1. The average Bonchev–Trinajstić information content (AvgIpc) is 3.46. The van der Waals surface area contributed by atoms with E-state index in [1.54, 1.807) is 18.2 Å². The SMILES string of the molecule is CN1CCCC2(COc3nc(N4CCCC(O)C4)c4cnc(-c5cn(C(F)F)c(=O)c6ccccc56)c(F)c4n3)CCCC12. The topological polar surface area (TPSA) is 96.6 Å². The lowest BCUT2D eigenvalue weighted by Crippen LogP contribution is -2.50. The molecule has 0 radical (unpaired) electrons. The molecule has 0 amide bonds. The zero-order chi connectivity index (χ0) is 30.6. The van der Waals surface area contributed by atoms with E-state index in [0.29, 0.717) is 48.7 Å². The molecule has 3 fully saturated rings. The van der Waals surface area contributed by atoms with Gasteiger partial charge in [-0.2, -0.15) is 18.7 Å². The summed E-state index contributed by atoms with van der Waals surface area (Å²) in [5.74, 6) is -0.419. The van der Waals surface area contributed by atoms with Gasteiger partial charge in [-0.25, -0.2) is 4.39 Å². The van der Waals surface area contributed by atoms with Crippen molar-refractivity contribution in [2.45, 2.75) is 63.6 Å². The molecule has 0 spiro atoms. The number of aliphatic hydroxyl groups excluding tert-OH is 1. The predicted molar refractivity (Wildman–Crippen MR) is 161 cm³/mol. The van der Waals surface area contributed by atoms with Crippen molar-refractivity contribution in [3.8, 4) is 17.3 Å². The molecule has 2 saturated heterocycles. The number of rotatable bonds is 6. The number of fused-ring (bicyclic) bond motifs is 3. The Hall–Kier alpha value is -3.77. The molecular weight excluding hydrogens is 573 g/mol. The van der Waals surface area contributed by atoms with Crippen LogP contribution < -0.4 is 15.2 Å². The summed E-state index contributed by atoms with van der Waals surface area (Å²) in [5.41, 5.74) is -1.12. The van der Waals surface area contributed by atoms with E-state index in [4.69, 9.17) is 9.72 Å². The molecule has 5 heterocycles. The highest BCUT2D eigenvalue weighted by molar-refractivity contribution is 5.98. The summed E-state index contributed by atoms with van der Waals surface area (Å²) >= 11 is 0. The number of aliphatic hydroxyl groups is 1. The van der Waals surface area contributed by atoms with Gasteiger partial charge in [0.25, 0.3) is 5.56 Å². The third kappa shape index (κ3) is 4.88. The van der Waals surface area contributed by atoms with Crippen LogP contribution in [0.4, 0.5) is 19.0 Å². The van der Waals surface area contributed by atoms with E-state index < -0.39 is 24.0 Å². The second kappa shape index (κ2) is 11.3. The van der Waals surface area contributed by atoms with Gasteiger partial charge in [0.15, 0.2) is 5.82 Å². The average molecular weight is 609 g/mol. The first-order valence-corrected chi connectivity index (χ1v) is 15.3. The quantitative estimate of drug-likeness (QED) is 0.321. The Bertz CT molecular complexity index is 1780. The van der Waals surface area contributed by atoms with Gasteiger partial charge in [-0.1, -0.05) is 24.6 Å². The number of halogens is 3. The molecule has 1 saturated carbocycles. The van der Waals surface area contributed by atoms with Crippen molar-refractivity contribution < 1.29 is 23.0 Å². The minimum atomic E-state index is -3.12. The van der Waals surface area contributed by atoms with Crippen LogP contribution >= 0.6 is 0 Å². The number of piperidine rings is 2. The number of anilines is 1. The lowest BCUT2D eigenvalue weighted by Gasteiger charge is -2.44. The van der Waals surface area contributed by atoms with Crippen molar-refractivity contribution in [2.75, 3.05) is 38.2 Å². The molecule has 2 aliphatic heterocycles. The second-order valence-corrected chi connectivity index (χ2v) is 12.5. The molecule has 3 atom stereocenters. The molecular formula is C32H35F3N6O3. The number of pyridine rings is 2. The third-order valence-corrected chi connectivity index (χ3v) is 9.82. The molecule has 0 bridgehead atoms. The normalized spacial score (nSPS) is 24.4. The van der Waals surface area contributed by atoms with Crippen LogP contribution in [-0.4, -0.2) is 75.0 Å². The fraction of sp³-hybridized carbons (Fsp3) is 0.500. The van der Waals surface area contributed by atoms with E-state index in [9.17, 15) is 18.7 Å². The van der Waals surface area contributed by atoms with Gasteiger partial charge in [-0.3, -0.25) is 14.3 Å².